The van der Waals surface area contributed by atoms with Gasteiger partial charge in [0.2, 0.25) is 0 Å². The van der Waals surface area contributed by atoms with Crippen molar-refractivity contribution >= 4 is 5.97 Å². The Bertz CT molecular complexity index is 708. The third kappa shape index (κ3) is 7.75. The second-order valence-corrected chi connectivity index (χ2v) is 7.44. The summed E-state index contributed by atoms with van der Waals surface area (Å²) >= 11 is 0. The maximum Gasteiger partial charge on any atom is 0.339 e. The Morgan fingerprint density at radius 3 is 1.93 bits per heavy atom. The second-order valence-electron chi connectivity index (χ2n) is 7.44. The molecule has 0 heterocycles. The smallest absolute Gasteiger partial charge is 0.339 e. The number of aryl methyl sites for hydroxylation is 1. The van der Waals surface area contributed by atoms with Crippen molar-refractivity contribution in [2.75, 3.05) is 0 Å². The van der Waals surface area contributed by atoms with Crippen molar-refractivity contribution in [1.82, 2.24) is 0 Å². The SMILES string of the molecule is CCCCCCCCCCCCc1ccccc1Oc1ccccc1C(=O)O. The molecule has 0 spiro atoms. The molecular weight excluding hydrogens is 348 g/mol. The molecule has 0 radical (unpaired) electrons. The number of aromatic carboxylic acids is 1. The molecule has 2 rings (SSSR count). The van der Waals surface area contributed by atoms with E-state index in [1.165, 1.54) is 57.8 Å². The predicted octanol–water partition coefficient (Wildman–Crippen LogP) is 7.64. The summed E-state index contributed by atoms with van der Waals surface area (Å²) in [5.74, 6) is 0.181. The van der Waals surface area contributed by atoms with Gasteiger partial charge in [-0.2, -0.15) is 0 Å². The summed E-state index contributed by atoms with van der Waals surface area (Å²) in [6.45, 7) is 2.26. The van der Waals surface area contributed by atoms with Crippen LogP contribution >= 0.6 is 0 Å². The Hall–Kier alpha value is -2.29. The summed E-state index contributed by atoms with van der Waals surface area (Å²) in [7, 11) is 0. The molecule has 0 bridgehead atoms. The molecule has 3 heteroatoms. The summed E-state index contributed by atoms with van der Waals surface area (Å²) in [5, 5.41) is 9.34. The third-order valence-electron chi connectivity index (χ3n) is 5.11. The van der Waals surface area contributed by atoms with Crippen LogP contribution in [-0.4, -0.2) is 11.1 Å². The van der Waals surface area contributed by atoms with Crippen molar-refractivity contribution in [3.05, 3.63) is 59.7 Å². The van der Waals surface area contributed by atoms with Gasteiger partial charge in [0.15, 0.2) is 0 Å². The molecule has 3 nitrogen and oxygen atoms in total. The highest BCUT2D eigenvalue weighted by Gasteiger charge is 2.12. The Morgan fingerprint density at radius 1 is 0.750 bits per heavy atom. The van der Waals surface area contributed by atoms with Gasteiger partial charge < -0.3 is 9.84 Å². The van der Waals surface area contributed by atoms with E-state index >= 15 is 0 Å². The summed E-state index contributed by atoms with van der Waals surface area (Å²) in [6.07, 6.45) is 14.1. The van der Waals surface area contributed by atoms with Gasteiger partial charge in [-0.25, -0.2) is 4.79 Å². The molecule has 152 valence electrons. The highest BCUT2D eigenvalue weighted by molar-refractivity contribution is 5.90. The van der Waals surface area contributed by atoms with Crippen LogP contribution in [-0.2, 0) is 6.42 Å². The summed E-state index contributed by atoms with van der Waals surface area (Å²) in [4.78, 5) is 11.4. The van der Waals surface area contributed by atoms with Crippen LogP contribution < -0.4 is 4.74 Å². The van der Waals surface area contributed by atoms with Gasteiger partial charge in [-0.15, -0.1) is 0 Å². The molecule has 0 aliphatic carbocycles. The van der Waals surface area contributed by atoms with Crippen LogP contribution in [0, 0.1) is 0 Å². The lowest BCUT2D eigenvalue weighted by Crippen LogP contribution is -2.00. The highest BCUT2D eigenvalue weighted by Crippen LogP contribution is 2.29. The number of hydrogen-bond acceptors (Lipinski definition) is 2. The zero-order valence-corrected chi connectivity index (χ0v) is 17.2. The van der Waals surface area contributed by atoms with Crippen molar-refractivity contribution in [2.24, 2.45) is 0 Å². The van der Waals surface area contributed by atoms with Gasteiger partial charge in [-0.1, -0.05) is 95.0 Å². The number of carbonyl (C=O) groups is 1. The molecule has 2 aromatic rings. The molecular formula is C25H34O3. The summed E-state index contributed by atoms with van der Waals surface area (Å²) in [5.41, 5.74) is 1.33. The van der Waals surface area contributed by atoms with Crippen LogP contribution in [0.5, 0.6) is 11.5 Å². The van der Waals surface area contributed by atoms with E-state index in [2.05, 4.69) is 13.0 Å². The lowest BCUT2D eigenvalue weighted by molar-refractivity contribution is 0.0694. The minimum atomic E-state index is -0.970. The molecule has 0 amide bonds. The summed E-state index contributed by atoms with van der Waals surface area (Å²) in [6, 6.07) is 14.7. The fraction of sp³-hybridized carbons (Fsp3) is 0.480. The first-order chi connectivity index (χ1) is 13.7. The number of carboxylic acid groups (broad SMARTS) is 1. The standard InChI is InChI=1S/C25H34O3/c1-2-3-4-5-6-7-8-9-10-11-16-21-17-12-14-19-23(21)28-24-20-15-13-18-22(24)25(26)27/h12-15,17-20H,2-11,16H2,1H3,(H,26,27). The zero-order valence-electron chi connectivity index (χ0n) is 17.2. The van der Waals surface area contributed by atoms with E-state index in [4.69, 9.17) is 4.74 Å². The first kappa shape index (κ1) is 22.0. The lowest BCUT2D eigenvalue weighted by atomic mass is 10.0. The van der Waals surface area contributed by atoms with E-state index in [-0.39, 0.29) is 5.56 Å². The first-order valence-corrected chi connectivity index (χ1v) is 10.8. The van der Waals surface area contributed by atoms with E-state index in [1.807, 2.05) is 18.2 Å². The van der Waals surface area contributed by atoms with Crippen molar-refractivity contribution in [1.29, 1.82) is 0 Å². The van der Waals surface area contributed by atoms with Gasteiger partial charge in [0, 0.05) is 0 Å². The van der Waals surface area contributed by atoms with Crippen molar-refractivity contribution < 1.29 is 14.6 Å². The molecule has 0 unspecified atom stereocenters. The monoisotopic (exact) mass is 382 g/mol. The average Bonchev–Trinajstić information content (AvgIpc) is 2.71. The van der Waals surface area contributed by atoms with Crippen LogP contribution in [0.25, 0.3) is 0 Å². The van der Waals surface area contributed by atoms with Gasteiger partial charge in [0.05, 0.1) is 0 Å². The highest BCUT2D eigenvalue weighted by atomic mass is 16.5. The molecule has 0 fully saturated rings. The van der Waals surface area contributed by atoms with Gasteiger partial charge in [-0.3, -0.25) is 0 Å². The number of unbranched alkanes of at least 4 members (excludes halogenated alkanes) is 9. The van der Waals surface area contributed by atoms with E-state index in [0.717, 1.165) is 24.2 Å². The molecule has 0 saturated heterocycles. The maximum absolute atomic E-state index is 11.4. The van der Waals surface area contributed by atoms with Crippen molar-refractivity contribution in [2.45, 2.75) is 77.6 Å². The van der Waals surface area contributed by atoms with Crippen LogP contribution in [0.15, 0.2) is 48.5 Å². The van der Waals surface area contributed by atoms with E-state index in [1.54, 1.807) is 24.3 Å². The number of rotatable bonds is 14. The minimum absolute atomic E-state index is 0.191. The van der Waals surface area contributed by atoms with Crippen molar-refractivity contribution in [3.63, 3.8) is 0 Å². The number of carboxylic acids is 1. The second kappa shape index (κ2) is 13.0. The predicted molar refractivity (Wildman–Crippen MR) is 115 cm³/mol. The average molecular weight is 383 g/mol. The molecule has 28 heavy (non-hydrogen) atoms. The van der Waals surface area contributed by atoms with Crippen LogP contribution in [0.4, 0.5) is 0 Å². The van der Waals surface area contributed by atoms with Gasteiger partial charge in [0.25, 0.3) is 0 Å². The molecule has 1 N–H and O–H groups in total. The van der Waals surface area contributed by atoms with E-state index in [9.17, 15) is 9.90 Å². The molecule has 0 aromatic heterocycles. The topological polar surface area (TPSA) is 46.5 Å². The lowest BCUT2D eigenvalue weighted by Gasteiger charge is -2.13. The summed E-state index contributed by atoms with van der Waals surface area (Å²) < 4.78 is 5.96. The zero-order chi connectivity index (χ0) is 20.0. The van der Waals surface area contributed by atoms with Gasteiger partial charge in [0.1, 0.15) is 17.1 Å². The fourth-order valence-corrected chi connectivity index (χ4v) is 3.46. The van der Waals surface area contributed by atoms with Crippen LogP contribution in [0.2, 0.25) is 0 Å². The van der Waals surface area contributed by atoms with Crippen LogP contribution in [0.1, 0.15) is 87.1 Å². The molecule has 2 aromatic carbocycles. The third-order valence-corrected chi connectivity index (χ3v) is 5.11. The number of benzene rings is 2. The largest absolute Gasteiger partial charge is 0.478 e. The number of para-hydroxylation sites is 2. The first-order valence-electron chi connectivity index (χ1n) is 10.8. The Kier molecular flexibility index (Phi) is 10.2. The van der Waals surface area contributed by atoms with Gasteiger partial charge in [-0.05, 0) is 36.6 Å². The molecule has 0 saturated carbocycles. The Morgan fingerprint density at radius 2 is 1.29 bits per heavy atom. The molecule has 0 aliphatic heterocycles. The normalized spacial score (nSPS) is 10.8. The van der Waals surface area contributed by atoms with E-state index in [0.29, 0.717) is 5.75 Å². The Balaban J connectivity index is 1.76. The molecule has 0 aliphatic rings. The van der Waals surface area contributed by atoms with E-state index < -0.39 is 5.97 Å². The van der Waals surface area contributed by atoms with Crippen molar-refractivity contribution in [3.8, 4) is 11.5 Å². The van der Waals surface area contributed by atoms with Gasteiger partial charge >= 0.3 is 5.97 Å². The minimum Gasteiger partial charge on any atom is -0.478 e. The van der Waals surface area contributed by atoms with Crippen LogP contribution in [0.3, 0.4) is 0 Å². The quantitative estimate of drug-likeness (QED) is 0.341. The molecule has 0 atom stereocenters. The maximum atomic E-state index is 11.4. The number of hydrogen-bond donors (Lipinski definition) is 1. The number of ether oxygens (including phenoxy) is 1. The fourth-order valence-electron chi connectivity index (χ4n) is 3.46. The Labute approximate surface area is 169 Å².